The van der Waals surface area contributed by atoms with Crippen LogP contribution >= 0.6 is 11.3 Å². The second kappa shape index (κ2) is 6.54. The first-order valence-electron chi connectivity index (χ1n) is 9.27. The summed E-state index contributed by atoms with van der Waals surface area (Å²) in [6.07, 6.45) is 10.1. The molecule has 0 aliphatic heterocycles. The van der Waals surface area contributed by atoms with Gasteiger partial charge in [-0.15, -0.1) is 5.10 Å². The molecule has 0 bridgehead atoms. The van der Waals surface area contributed by atoms with E-state index in [9.17, 15) is 5.26 Å². The molecule has 1 atom stereocenters. The van der Waals surface area contributed by atoms with Crippen molar-refractivity contribution in [1.82, 2.24) is 20.3 Å². The van der Waals surface area contributed by atoms with E-state index in [1.54, 1.807) is 16.0 Å². The van der Waals surface area contributed by atoms with Crippen LogP contribution in [0.3, 0.4) is 0 Å². The molecule has 0 spiro atoms. The van der Waals surface area contributed by atoms with Crippen molar-refractivity contribution in [2.75, 3.05) is 0 Å². The van der Waals surface area contributed by atoms with Gasteiger partial charge in [-0.3, -0.25) is 0 Å². The quantitative estimate of drug-likeness (QED) is 0.852. The summed E-state index contributed by atoms with van der Waals surface area (Å²) < 4.78 is 1.80. The minimum absolute atomic E-state index is 0.202. The number of nitrogens with one attached hydrogen (secondary N) is 1. The van der Waals surface area contributed by atoms with Crippen LogP contribution in [0.5, 0.6) is 0 Å². The molecule has 2 saturated carbocycles. The Balaban J connectivity index is 1.61. The van der Waals surface area contributed by atoms with Crippen molar-refractivity contribution in [2.45, 2.75) is 69.5 Å². The van der Waals surface area contributed by atoms with E-state index in [0.29, 0.717) is 5.92 Å². The molecule has 2 aliphatic rings. The SMILES string of the molecule is C[C@](NCc1ccsc1)(c1cn(C2(C#N)CC2)nn1)C1CCCCC1. The largest absolute Gasteiger partial charge is 0.302 e. The molecule has 2 heterocycles. The fraction of sp³-hybridized carbons (Fsp3) is 0.632. The van der Waals surface area contributed by atoms with Gasteiger partial charge in [0.2, 0.25) is 0 Å². The number of aromatic nitrogens is 3. The molecule has 0 aromatic carbocycles. The summed E-state index contributed by atoms with van der Waals surface area (Å²) >= 11 is 1.73. The van der Waals surface area contributed by atoms with E-state index in [4.69, 9.17) is 0 Å². The second-order valence-electron chi connectivity index (χ2n) is 7.71. The topological polar surface area (TPSA) is 66.5 Å². The number of hydrogen-bond donors (Lipinski definition) is 1. The normalized spacial score (nSPS) is 22.2. The third-order valence-corrected chi connectivity index (χ3v) is 6.79. The number of nitriles is 1. The van der Waals surface area contributed by atoms with Gasteiger partial charge in [-0.2, -0.15) is 16.6 Å². The molecule has 0 unspecified atom stereocenters. The molecule has 2 aliphatic carbocycles. The Morgan fingerprint density at radius 3 is 2.84 bits per heavy atom. The lowest BCUT2D eigenvalue weighted by Gasteiger charge is -2.39. The van der Waals surface area contributed by atoms with Crippen LogP contribution in [0, 0.1) is 17.2 Å². The monoisotopic (exact) mass is 355 g/mol. The van der Waals surface area contributed by atoms with E-state index in [1.165, 1.54) is 37.7 Å². The summed E-state index contributed by atoms with van der Waals surface area (Å²) in [4.78, 5) is 0. The third-order valence-electron chi connectivity index (χ3n) is 6.06. The lowest BCUT2D eigenvalue weighted by Crippen LogP contribution is -2.46. The summed E-state index contributed by atoms with van der Waals surface area (Å²) in [5.74, 6) is 0.558. The number of thiophene rings is 1. The van der Waals surface area contributed by atoms with Gasteiger partial charge in [0, 0.05) is 6.54 Å². The molecule has 25 heavy (non-hydrogen) atoms. The summed E-state index contributed by atoms with van der Waals surface area (Å²) in [6.45, 7) is 3.11. The van der Waals surface area contributed by atoms with Crippen molar-refractivity contribution in [3.63, 3.8) is 0 Å². The maximum absolute atomic E-state index is 9.45. The third kappa shape index (κ3) is 3.11. The molecule has 1 N–H and O–H groups in total. The smallest absolute Gasteiger partial charge is 0.150 e. The van der Waals surface area contributed by atoms with Gasteiger partial charge in [0.05, 0.1) is 17.8 Å². The first-order valence-corrected chi connectivity index (χ1v) is 10.2. The zero-order chi connectivity index (χ0) is 17.3. The summed E-state index contributed by atoms with van der Waals surface area (Å²) in [7, 11) is 0. The predicted octanol–water partition coefficient (Wildman–Crippen LogP) is 3.94. The Morgan fingerprint density at radius 1 is 1.40 bits per heavy atom. The highest BCUT2D eigenvalue weighted by Gasteiger charge is 2.48. The van der Waals surface area contributed by atoms with Gasteiger partial charge in [-0.1, -0.05) is 24.5 Å². The molecule has 2 fully saturated rings. The molecule has 0 amide bonds. The van der Waals surface area contributed by atoms with Gasteiger partial charge in [0.1, 0.15) is 5.69 Å². The Hall–Kier alpha value is -1.71. The second-order valence-corrected chi connectivity index (χ2v) is 8.49. The average Bonchev–Trinajstić information content (AvgIpc) is 3.05. The molecule has 0 radical (unpaired) electrons. The Morgan fingerprint density at radius 2 is 2.20 bits per heavy atom. The van der Waals surface area contributed by atoms with Gasteiger partial charge in [-0.05, 0) is 60.9 Å². The van der Waals surface area contributed by atoms with Crippen LogP contribution in [-0.2, 0) is 17.6 Å². The lowest BCUT2D eigenvalue weighted by atomic mass is 9.74. The average molecular weight is 356 g/mol. The van der Waals surface area contributed by atoms with Crippen molar-refractivity contribution in [1.29, 1.82) is 5.26 Å². The molecule has 2 aromatic heterocycles. The summed E-state index contributed by atoms with van der Waals surface area (Å²) in [5.41, 5.74) is 1.66. The summed E-state index contributed by atoms with van der Waals surface area (Å²) in [5, 5.41) is 26.4. The van der Waals surface area contributed by atoms with Crippen molar-refractivity contribution in [2.24, 2.45) is 5.92 Å². The van der Waals surface area contributed by atoms with E-state index < -0.39 is 5.54 Å². The molecule has 5 nitrogen and oxygen atoms in total. The van der Waals surface area contributed by atoms with Crippen LogP contribution in [0.1, 0.15) is 63.1 Å². The van der Waals surface area contributed by atoms with Crippen LogP contribution in [0.4, 0.5) is 0 Å². The number of hydrogen-bond acceptors (Lipinski definition) is 5. The van der Waals surface area contributed by atoms with Gasteiger partial charge in [0.25, 0.3) is 0 Å². The van der Waals surface area contributed by atoms with Gasteiger partial charge in [-0.25, -0.2) is 4.68 Å². The van der Waals surface area contributed by atoms with Crippen LogP contribution < -0.4 is 5.32 Å². The fourth-order valence-corrected chi connectivity index (χ4v) is 4.69. The highest BCUT2D eigenvalue weighted by Crippen LogP contribution is 2.44. The van der Waals surface area contributed by atoms with Crippen molar-refractivity contribution < 1.29 is 0 Å². The zero-order valence-corrected chi connectivity index (χ0v) is 15.6. The van der Waals surface area contributed by atoms with E-state index in [-0.39, 0.29) is 5.54 Å². The molecule has 0 saturated heterocycles. The maximum atomic E-state index is 9.45. The standard InChI is InChI=1S/C19H25N5S/c1-18(16-5-3-2-4-6-16,21-11-15-7-10-25-13-15)17-12-24(23-22-17)19(14-20)8-9-19/h7,10,12-13,16,21H,2-6,8-9,11H2,1H3/t18-/m1/s1. The van der Waals surface area contributed by atoms with Gasteiger partial charge >= 0.3 is 0 Å². The first-order chi connectivity index (χ1) is 12.2. The van der Waals surface area contributed by atoms with Crippen LogP contribution in [0.15, 0.2) is 23.0 Å². The Kier molecular flexibility index (Phi) is 4.38. The fourth-order valence-electron chi connectivity index (χ4n) is 4.02. The Bertz CT molecular complexity index is 749. The van der Waals surface area contributed by atoms with Crippen molar-refractivity contribution in [3.05, 3.63) is 34.3 Å². The van der Waals surface area contributed by atoms with Gasteiger partial charge < -0.3 is 5.32 Å². The highest BCUT2D eigenvalue weighted by atomic mass is 32.1. The Labute approximate surface area is 153 Å². The van der Waals surface area contributed by atoms with E-state index in [2.05, 4.69) is 45.4 Å². The minimum Gasteiger partial charge on any atom is -0.302 e. The molecule has 6 heteroatoms. The van der Waals surface area contributed by atoms with Gasteiger partial charge in [0.15, 0.2) is 5.54 Å². The molecule has 132 valence electrons. The van der Waals surface area contributed by atoms with Crippen molar-refractivity contribution >= 4 is 11.3 Å². The van der Waals surface area contributed by atoms with Crippen LogP contribution in [0.25, 0.3) is 0 Å². The molecular weight excluding hydrogens is 330 g/mol. The number of nitrogens with zero attached hydrogens (tertiary/aromatic N) is 4. The van der Waals surface area contributed by atoms with E-state index >= 15 is 0 Å². The first kappa shape index (κ1) is 16.7. The molecule has 4 rings (SSSR count). The highest BCUT2D eigenvalue weighted by molar-refractivity contribution is 7.07. The van der Waals surface area contributed by atoms with E-state index in [1.807, 2.05) is 6.20 Å². The van der Waals surface area contributed by atoms with E-state index in [0.717, 1.165) is 25.1 Å². The molecular formula is C19H25N5S. The number of rotatable bonds is 6. The predicted molar refractivity (Wildman–Crippen MR) is 97.9 cm³/mol. The lowest BCUT2D eigenvalue weighted by molar-refractivity contribution is 0.170. The van der Waals surface area contributed by atoms with Crippen LogP contribution in [-0.4, -0.2) is 15.0 Å². The van der Waals surface area contributed by atoms with Crippen molar-refractivity contribution in [3.8, 4) is 6.07 Å². The molecule has 2 aromatic rings. The minimum atomic E-state index is -0.438. The summed E-state index contributed by atoms with van der Waals surface area (Å²) in [6, 6.07) is 4.58. The maximum Gasteiger partial charge on any atom is 0.150 e. The zero-order valence-electron chi connectivity index (χ0n) is 14.7. The van der Waals surface area contributed by atoms with Crippen LogP contribution in [0.2, 0.25) is 0 Å².